The van der Waals surface area contributed by atoms with Crippen LogP contribution in [0.4, 0.5) is 0 Å². The fourth-order valence-corrected chi connectivity index (χ4v) is 3.61. The Morgan fingerprint density at radius 2 is 1.71 bits per heavy atom. The van der Waals surface area contributed by atoms with Crippen LogP contribution in [-0.2, 0) is 0 Å². The summed E-state index contributed by atoms with van der Waals surface area (Å²) in [5.41, 5.74) is 1.12. The maximum Gasteiger partial charge on any atom is -0.0321 e. The van der Waals surface area contributed by atoms with Crippen LogP contribution >= 0.6 is 0 Å². The predicted molar refractivity (Wildman–Crippen MR) is 64.4 cm³/mol. The molecular weight excluding hydrogens is 168 g/mol. The van der Waals surface area contributed by atoms with Crippen molar-refractivity contribution in [2.75, 3.05) is 0 Å². The van der Waals surface area contributed by atoms with E-state index >= 15 is 0 Å². The van der Waals surface area contributed by atoms with Crippen molar-refractivity contribution in [1.29, 1.82) is 0 Å². The summed E-state index contributed by atoms with van der Waals surface area (Å²) < 4.78 is 0. The molecule has 0 aromatic heterocycles. The first-order chi connectivity index (χ1) is 6.37. The van der Waals surface area contributed by atoms with E-state index in [0.29, 0.717) is 10.8 Å². The predicted octanol–water partition coefficient (Wildman–Crippen LogP) is 5.03. The fourth-order valence-electron chi connectivity index (χ4n) is 3.61. The van der Waals surface area contributed by atoms with Crippen molar-refractivity contribution in [3.05, 3.63) is 0 Å². The Bertz CT molecular complexity index is 176. The molecule has 0 heterocycles. The second-order valence-corrected chi connectivity index (χ2v) is 6.68. The number of hydrogen-bond acceptors (Lipinski definition) is 0. The van der Waals surface area contributed by atoms with Gasteiger partial charge in [-0.05, 0) is 36.0 Å². The molecule has 1 unspecified atom stereocenters. The van der Waals surface area contributed by atoms with Crippen LogP contribution in [0.1, 0.15) is 73.1 Å². The van der Waals surface area contributed by atoms with Crippen molar-refractivity contribution in [3.63, 3.8) is 0 Å². The van der Waals surface area contributed by atoms with Crippen LogP contribution in [0.5, 0.6) is 0 Å². The van der Waals surface area contributed by atoms with Gasteiger partial charge in [0.05, 0.1) is 0 Å². The topological polar surface area (TPSA) is 0 Å². The summed E-state index contributed by atoms with van der Waals surface area (Å²) >= 11 is 0. The summed E-state index contributed by atoms with van der Waals surface area (Å²) in [5.74, 6) is 0.946. The van der Waals surface area contributed by atoms with E-state index in [0.717, 1.165) is 5.92 Å². The van der Waals surface area contributed by atoms with E-state index in [-0.39, 0.29) is 0 Å². The molecule has 0 aromatic carbocycles. The van der Waals surface area contributed by atoms with E-state index in [9.17, 15) is 0 Å². The summed E-state index contributed by atoms with van der Waals surface area (Å²) in [6, 6.07) is 0. The summed E-state index contributed by atoms with van der Waals surface area (Å²) in [5, 5.41) is 0. The summed E-state index contributed by atoms with van der Waals surface area (Å²) in [6.07, 6.45) is 8.54. The Labute approximate surface area is 90.5 Å². The lowest BCUT2D eigenvalue weighted by Crippen LogP contribution is -2.32. The lowest BCUT2D eigenvalue weighted by Gasteiger charge is -2.42. The van der Waals surface area contributed by atoms with Crippen LogP contribution in [0, 0.1) is 16.7 Å². The second kappa shape index (κ2) is 4.24. The van der Waals surface area contributed by atoms with Crippen LogP contribution in [0.15, 0.2) is 0 Å². The molecule has 0 amide bonds. The van der Waals surface area contributed by atoms with Crippen molar-refractivity contribution < 1.29 is 0 Å². The van der Waals surface area contributed by atoms with Crippen LogP contribution in [0.2, 0.25) is 0 Å². The van der Waals surface area contributed by atoms with E-state index < -0.39 is 0 Å². The summed E-state index contributed by atoms with van der Waals surface area (Å²) in [4.78, 5) is 0. The van der Waals surface area contributed by atoms with Gasteiger partial charge in [0.25, 0.3) is 0 Å². The number of hydrogen-bond donors (Lipinski definition) is 0. The first-order valence-electron chi connectivity index (χ1n) is 6.37. The van der Waals surface area contributed by atoms with Crippen molar-refractivity contribution in [2.24, 2.45) is 16.7 Å². The van der Waals surface area contributed by atoms with Gasteiger partial charge in [0.2, 0.25) is 0 Å². The molecule has 0 heteroatoms. The molecule has 0 N–H and O–H groups in total. The Morgan fingerprint density at radius 3 is 2.29 bits per heavy atom. The minimum Gasteiger partial charge on any atom is -0.0651 e. The molecule has 0 aliphatic heterocycles. The van der Waals surface area contributed by atoms with E-state index in [1.807, 2.05) is 0 Å². The van der Waals surface area contributed by atoms with Gasteiger partial charge in [-0.15, -0.1) is 0 Å². The summed E-state index contributed by atoms with van der Waals surface area (Å²) in [7, 11) is 0. The highest BCUT2D eigenvalue weighted by Gasteiger charge is 2.35. The highest BCUT2D eigenvalue weighted by molar-refractivity contribution is 4.86. The quantitative estimate of drug-likeness (QED) is 0.552. The summed E-state index contributed by atoms with van der Waals surface area (Å²) in [6.45, 7) is 12.2. The molecule has 0 spiro atoms. The first-order valence-corrected chi connectivity index (χ1v) is 6.37. The van der Waals surface area contributed by atoms with E-state index in [1.165, 1.54) is 38.5 Å². The molecule has 0 saturated heterocycles. The third-order valence-electron chi connectivity index (χ3n) is 4.19. The molecule has 0 radical (unpaired) electrons. The van der Waals surface area contributed by atoms with Gasteiger partial charge in [0.15, 0.2) is 0 Å². The molecular formula is C14H28. The minimum absolute atomic E-state index is 0.554. The van der Waals surface area contributed by atoms with E-state index in [1.54, 1.807) is 0 Å². The van der Waals surface area contributed by atoms with E-state index in [4.69, 9.17) is 0 Å². The van der Waals surface area contributed by atoms with Crippen LogP contribution in [-0.4, -0.2) is 0 Å². The van der Waals surface area contributed by atoms with Crippen molar-refractivity contribution in [3.8, 4) is 0 Å². The lowest BCUT2D eigenvalue weighted by atomic mass is 9.63. The maximum absolute atomic E-state index is 2.48. The van der Waals surface area contributed by atoms with Crippen LogP contribution in [0.3, 0.4) is 0 Å². The third kappa shape index (κ3) is 3.00. The van der Waals surface area contributed by atoms with Crippen LogP contribution in [0.25, 0.3) is 0 Å². The maximum atomic E-state index is 2.48. The zero-order chi connectivity index (χ0) is 10.8. The Hall–Kier alpha value is 0. The van der Waals surface area contributed by atoms with Gasteiger partial charge >= 0.3 is 0 Å². The second-order valence-electron chi connectivity index (χ2n) is 6.68. The van der Waals surface area contributed by atoms with E-state index in [2.05, 4.69) is 34.6 Å². The van der Waals surface area contributed by atoms with Gasteiger partial charge in [-0.1, -0.05) is 53.9 Å². The highest BCUT2D eigenvalue weighted by Crippen LogP contribution is 2.46. The lowest BCUT2D eigenvalue weighted by molar-refractivity contribution is 0.0843. The molecule has 1 aliphatic carbocycles. The highest BCUT2D eigenvalue weighted by atomic mass is 14.4. The van der Waals surface area contributed by atoms with Crippen molar-refractivity contribution in [1.82, 2.24) is 0 Å². The van der Waals surface area contributed by atoms with Gasteiger partial charge < -0.3 is 0 Å². The van der Waals surface area contributed by atoms with Gasteiger partial charge in [0, 0.05) is 0 Å². The fraction of sp³-hybridized carbons (Fsp3) is 1.00. The SMILES string of the molecule is CCC1CCCCC(C)(C)CC1(C)C. The molecule has 1 atom stereocenters. The van der Waals surface area contributed by atoms with Crippen molar-refractivity contribution >= 4 is 0 Å². The normalized spacial score (nSPS) is 31.9. The molecule has 0 nitrogen and oxygen atoms in total. The molecule has 1 aliphatic rings. The van der Waals surface area contributed by atoms with Gasteiger partial charge in [0.1, 0.15) is 0 Å². The van der Waals surface area contributed by atoms with Crippen LogP contribution < -0.4 is 0 Å². The van der Waals surface area contributed by atoms with Gasteiger partial charge in [-0.25, -0.2) is 0 Å². The molecule has 1 fully saturated rings. The minimum atomic E-state index is 0.554. The molecule has 1 saturated carbocycles. The Morgan fingerprint density at radius 1 is 1.07 bits per heavy atom. The van der Waals surface area contributed by atoms with Crippen molar-refractivity contribution in [2.45, 2.75) is 73.1 Å². The van der Waals surface area contributed by atoms with Gasteiger partial charge in [-0.2, -0.15) is 0 Å². The van der Waals surface area contributed by atoms with Gasteiger partial charge in [-0.3, -0.25) is 0 Å². The largest absolute Gasteiger partial charge is 0.0651 e. The average molecular weight is 196 g/mol. The number of rotatable bonds is 1. The standard InChI is InChI=1S/C14H28/c1-6-12-9-7-8-10-13(2,3)11-14(12,4)5/h12H,6-11H2,1-5H3. The average Bonchev–Trinajstić information content (AvgIpc) is 1.99. The molecule has 0 bridgehead atoms. The third-order valence-corrected chi connectivity index (χ3v) is 4.19. The molecule has 0 aromatic rings. The Balaban J connectivity index is 2.74. The zero-order valence-corrected chi connectivity index (χ0v) is 10.8. The monoisotopic (exact) mass is 196 g/mol. The smallest absolute Gasteiger partial charge is 0.0321 e. The molecule has 1 rings (SSSR count). The molecule has 84 valence electrons. The molecule has 14 heavy (non-hydrogen) atoms. The Kier molecular flexibility index (Phi) is 3.66. The first kappa shape index (κ1) is 12.1. The zero-order valence-electron chi connectivity index (χ0n) is 10.8.